The molecule has 0 radical (unpaired) electrons. The minimum absolute atomic E-state index is 0.345. The minimum Gasteiger partial charge on any atom is -0.477 e. The van der Waals surface area contributed by atoms with Crippen molar-refractivity contribution in [3.8, 4) is 10.7 Å². The standard InChI is InChI=1S/C14H19N3O2S/c1-4-5-17-8-15-7-11(17)13-16-10(6-9(2)3)12(20-13)14(18)19/h7-9H,4-6H2,1-3H3,(H,18,19). The second-order valence-corrected chi connectivity index (χ2v) is 6.17. The SMILES string of the molecule is CCCn1cncc1-c1nc(CC(C)C)c(C(=O)O)s1. The molecule has 0 bridgehead atoms. The average molecular weight is 293 g/mol. The summed E-state index contributed by atoms with van der Waals surface area (Å²) < 4.78 is 2.02. The quantitative estimate of drug-likeness (QED) is 0.887. The van der Waals surface area contributed by atoms with Crippen molar-refractivity contribution in [1.29, 1.82) is 0 Å². The fourth-order valence-electron chi connectivity index (χ4n) is 2.07. The molecule has 6 heteroatoms. The van der Waals surface area contributed by atoms with Crippen LogP contribution in [0.1, 0.15) is 42.6 Å². The zero-order chi connectivity index (χ0) is 14.7. The highest BCUT2D eigenvalue weighted by atomic mass is 32.1. The van der Waals surface area contributed by atoms with Crippen molar-refractivity contribution in [2.24, 2.45) is 5.92 Å². The molecule has 0 unspecified atom stereocenters. The van der Waals surface area contributed by atoms with Gasteiger partial charge >= 0.3 is 5.97 Å². The van der Waals surface area contributed by atoms with E-state index in [4.69, 9.17) is 0 Å². The molecular formula is C14H19N3O2S. The van der Waals surface area contributed by atoms with Crippen LogP contribution in [0.2, 0.25) is 0 Å². The Labute approximate surface area is 122 Å². The third-order valence-electron chi connectivity index (χ3n) is 2.89. The van der Waals surface area contributed by atoms with Gasteiger partial charge in [0.05, 0.1) is 23.9 Å². The molecule has 0 atom stereocenters. The third-order valence-corrected chi connectivity index (χ3v) is 4.00. The number of rotatable bonds is 6. The Bertz CT molecular complexity index is 601. The van der Waals surface area contributed by atoms with Crippen molar-refractivity contribution >= 4 is 17.3 Å². The van der Waals surface area contributed by atoms with Crippen LogP contribution in [0, 0.1) is 5.92 Å². The maximum Gasteiger partial charge on any atom is 0.347 e. The van der Waals surface area contributed by atoms with Crippen molar-refractivity contribution in [3.05, 3.63) is 23.1 Å². The Morgan fingerprint density at radius 2 is 2.25 bits per heavy atom. The van der Waals surface area contributed by atoms with Crippen LogP contribution in [0.15, 0.2) is 12.5 Å². The van der Waals surface area contributed by atoms with Crippen LogP contribution in [-0.2, 0) is 13.0 Å². The molecule has 0 spiro atoms. The summed E-state index contributed by atoms with van der Waals surface area (Å²) >= 11 is 1.24. The molecule has 2 aromatic rings. The average Bonchev–Trinajstić information content (AvgIpc) is 2.95. The van der Waals surface area contributed by atoms with Crippen LogP contribution in [0.25, 0.3) is 10.7 Å². The number of carbonyl (C=O) groups is 1. The van der Waals surface area contributed by atoms with Gasteiger partial charge in [0.1, 0.15) is 9.88 Å². The van der Waals surface area contributed by atoms with E-state index in [0.717, 1.165) is 23.7 Å². The summed E-state index contributed by atoms with van der Waals surface area (Å²) in [6.07, 6.45) is 5.20. The highest BCUT2D eigenvalue weighted by molar-refractivity contribution is 7.17. The van der Waals surface area contributed by atoms with Crippen LogP contribution >= 0.6 is 11.3 Å². The maximum absolute atomic E-state index is 11.3. The number of carboxylic acid groups (broad SMARTS) is 1. The van der Waals surface area contributed by atoms with E-state index in [1.165, 1.54) is 11.3 Å². The lowest BCUT2D eigenvalue weighted by Crippen LogP contribution is -2.02. The number of carboxylic acids is 1. The smallest absolute Gasteiger partial charge is 0.347 e. The number of hydrogen-bond donors (Lipinski definition) is 1. The molecule has 0 saturated carbocycles. The normalized spacial score (nSPS) is 11.2. The monoisotopic (exact) mass is 293 g/mol. The van der Waals surface area contributed by atoms with Gasteiger partial charge in [-0.05, 0) is 18.8 Å². The molecule has 108 valence electrons. The first-order chi connectivity index (χ1) is 9.52. The molecule has 0 aliphatic rings. The lowest BCUT2D eigenvalue weighted by atomic mass is 10.1. The number of imidazole rings is 1. The Hall–Kier alpha value is -1.69. The number of nitrogens with zero attached hydrogens (tertiary/aromatic N) is 3. The van der Waals surface area contributed by atoms with Crippen molar-refractivity contribution in [3.63, 3.8) is 0 Å². The number of aromatic nitrogens is 3. The first-order valence-corrected chi connectivity index (χ1v) is 7.58. The summed E-state index contributed by atoms with van der Waals surface area (Å²) in [5, 5.41) is 10.0. The highest BCUT2D eigenvalue weighted by Gasteiger charge is 2.20. The molecular weight excluding hydrogens is 274 g/mol. The predicted octanol–water partition coefficient (Wildman–Crippen LogP) is 3.31. The van der Waals surface area contributed by atoms with E-state index in [0.29, 0.717) is 22.9 Å². The Morgan fingerprint density at radius 1 is 1.50 bits per heavy atom. The molecule has 0 saturated heterocycles. The van der Waals surface area contributed by atoms with Gasteiger partial charge in [-0.25, -0.2) is 14.8 Å². The number of aryl methyl sites for hydroxylation is 1. The molecule has 0 fully saturated rings. The van der Waals surface area contributed by atoms with E-state index in [2.05, 4.69) is 30.7 Å². The van der Waals surface area contributed by atoms with E-state index in [-0.39, 0.29) is 0 Å². The summed E-state index contributed by atoms with van der Waals surface area (Å²) in [6, 6.07) is 0. The molecule has 0 aliphatic carbocycles. The van der Waals surface area contributed by atoms with Gasteiger partial charge in [-0.15, -0.1) is 11.3 Å². The topological polar surface area (TPSA) is 68.0 Å². The summed E-state index contributed by atoms with van der Waals surface area (Å²) in [4.78, 5) is 20.4. The van der Waals surface area contributed by atoms with Gasteiger partial charge in [-0.3, -0.25) is 0 Å². The zero-order valence-electron chi connectivity index (χ0n) is 12.0. The highest BCUT2D eigenvalue weighted by Crippen LogP contribution is 2.29. The van der Waals surface area contributed by atoms with Crippen LogP contribution in [-0.4, -0.2) is 25.6 Å². The molecule has 2 heterocycles. The van der Waals surface area contributed by atoms with Crippen LogP contribution in [0.3, 0.4) is 0 Å². The molecule has 20 heavy (non-hydrogen) atoms. The Kier molecular flexibility index (Phi) is 4.54. The lowest BCUT2D eigenvalue weighted by Gasteiger charge is -2.03. The summed E-state index contributed by atoms with van der Waals surface area (Å²) in [5.74, 6) is -0.519. The van der Waals surface area contributed by atoms with Crippen molar-refractivity contribution in [2.45, 2.75) is 40.2 Å². The van der Waals surface area contributed by atoms with Gasteiger partial charge in [-0.2, -0.15) is 0 Å². The van der Waals surface area contributed by atoms with E-state index >= 15 is 0 Å². The van der Waals surface area contributed by atoms with E-state index < -0.39 is 5.97 Å². The van der Waals surface area contributed by atoms with Crippen LogP contribution in [0.5, 0.6) is 0 Å². The van der Waals surface area contributed by atoms with E-state index in [1.54, 1.807) is 12.5 Å². The third kappa shape index (κ3) is 3.07. The van der Waals surface area contributed by atoms with Crippen molar-refractivity contribution < 1.29 is 9.90 Å². The molecule has 5 nitrogen and oxygen atoms in total. The fourth-order valence-corrected chi connectivity index (χ4v) is 3.03. The van der Waals surface area contributed by atoms with Gasteiger partial charge in [0.15, 0.2) is 0 Å². The number of hydrogen-bond acceptors (Lipinski definition) is 4. The molecule has 0 amide bonds. The van der Waals surface area contributed by atoms with Gasteiger partial charge < -0.3 is 9.67 Å². The van der Waals surface area contributed by atoms with E-state index in [9.17, 15) is 9.90 Å². The maximum atomic E-state index is 11.3. The largest absolute Gasteiger partial charge is 0.477 e. The number of aromatic carboxylic acids is 1. The lowest BCUT2D eigenvalue weighted by molar-refractivity contribution is 0.0700. The first-order valence-electron chi connectivity index (χ1n) is 6.76. The molecule has 2 aromatic heterocycles. The zero-order valence-corrected chi connectivity index (χ0v) is 12.8. The molecule has 2 rings (SSSR count). The Balaban J connectivity index is 2.42. The summed E-state index contributed by atoms with van der Waals surface area (Å²) in [5.41, 5.74) is 1.58. The minimum atomic E-state index is -0.897. The van der Waals surface area contributed by atoms with Crippen molar-refractivity contribution in [1.82, 2.24) is 14.5 Å². The second-order valence-electron chi connectivity index (χ2n) is 5.17. The van der Waals surface area contributed by atoms with Gasteiger partial charge in [0.2, 0.25) is 0 Å². The van der Waals surface area contributed by atoms with Gasteiger partial charge in [0, 0.05) is 6.54 Å². The Morgan fingerprint density at radius 3 is 2.85 bits per heavy atom. The predicted molar refractivity (Wildman–Crippen MR) is 79.1 cm³/mol. The molecule has 1 N–H and O–H groups in total. The first kappa shape index (κ1) is 14.7. The summed E-state index contributed by atoms with van der Waals surface area (Å²) in [7, 11) is 0. The van der Waals surface area contributed by atoms with Crippen LogP contribution < -0.4 is 0 Å². The molecule has 0 aliphatic heterocycles. The summed E-state index contributed by atoms with van der Waals surface area (Å²) in [6.45, 7) is 7.08. The van der Waals surface area contributed by atoms with Crippen molar-refractivity contribution in [2.75, 3.05) is 0 Å². The molecule has 0 aromatic carbocycles. The van der Waals surface area contributed by atoms with Gasteiger partial charge in [-0.1, -0.05) is 20.8 Å². The van der Waals surface area contributed by atoms with Gasteiger partial charge in [0.25, 0.3) is 0 Å². The second kappa shape index (κ2) is 6.17. The number of thiazole rings is 1. The van der Waals surface area contributed by atoms with E-state index in [1.807, 2.05) is 4.57 Å². The fraction of sp³-hybridized carbons (Fsp3) is 0.500. The van der Waals surface area contributed by atoms with Crippen LogP contribution in [0.4, 0.5) is 0 Å².